The van der Waals surface area contributed by atoms with Crippen molar-refractivity contribution in [2.24, 2.45) is 0 Å². The van der Waals surface area contributed by atoms with Gasteiger partial charge in [-0.05, 0) is 24.1 Å². The molecule has 0 aromatic heterocycles. The van der Waals surface area contributed by atoms with Crippen molar-refractivity contribution in [3.8, 4) is 23.3 Å². The van der Waals surface area contributed by atoms with Crippen molar-refractivity contribution in [3.05, 3.63) is 17.7 Å². The highest BCUT2D eigenvalue weighted by Gasteiger charge is 2.19. The van der Waals surface area contributed by atoms with Crippen LogP contribution >= 0.6 is 0 Å². The third kappa shape index (κ3) is 8.04. The Bertz CT molecular complexity index is 627. The van der Waals surface area contributed by atoms with Gasteiger partial charge in [-0.15, -0.1) is 0 Å². The van der Waals surface area contributed by atoms with Crippen LogP contribution in [0, 0.1) is 11.3 Å². The van der Waals surface area contributed by atoms with Gasteiger partial charge < -0.3 is 14.2 Å². The van der Waals surface area contributed by atoms with Crippen LogP contribution in [0.2, 0.25) is 0 Å². The molecule has 30 heavy (non-hydrogen) atoms. The summed E-state index contributed by atoms with van der Waals surface area (Å²) in [6.07, 6.45) is 8.02. The number of piperazine rings is 1. The molecule has 6 nitrogen and oxygen atoms in total. The maximum absolute atomic E-state index is 8.76. The van der Waals surface area contributed by atoms with Gasteiger partial charge in [0.05, 0.1) is 26.9 Å². The minimum atomic E-state index is 0.606. The van der Waals surface area contributed by atoms with Crippen LogP contribution in [0.25, 0.3) is 0 Å². The van der Waals surface area contributed by atoms with Crippen molar-refractivity contribution >= 4 is 0 Å². The zero-order valence-corrected chi connectivity index (χ0v) is 19.1. The van der Waals surface area contributed by atoms with Crippen LogP contribution in [0.5, 0.6) is 17.2 Å². The van der Waals surface area contributed by atoms with Gasteiger partial charge in [0.25, 0.3) is 0 Å². The monoisotopic (exact) mass is 417 g/mol. The molecule has 1 aliphatic heterocycles. The van der Waals surface area contributed by atoms with Crippen LogP contribution in [-0.4, -0.2) is 63.4 Å². The molecule has 1 aromatic rings. The Morgan fingerprint density at radius 3 is 2.10 bits per heavy atom. The molecule has 0 amide bonds. The van der Waals surface area contributed by atoms with Crippen molar-refractivity contribution in [1.82, 2.24) is 9.80 Å². The molecule has 0 spiro atoms. The van der Waals surface area contributed by atoms with E-state index in [0.29, 0.717) is 18.8 Å². The minimum Gasteiger partial charge on any atom is -0.493 e. The molecule has 6 heteroatoms. The molecule has 0 N–H and O–H groups in total. The Morgan fingerprint density at radius 2 is 1.50 bits per heavy atom. The number of nitriles is 1. The summed E-state index contributed by atoms with van der Waals surface area (Å²) < 4.78 is 17.3. The van der Waals surface area contributed by atoms with Gasteiger partial charge in [0.1, 0.15) is 0 Å². The lowest BCUT2D eigenvalue weighted by Gasteiger charge is -2.34. The molecule has 1 aliphatic rings. The standard InChI is InChI=1S/C24H39N3O3/c1-4-5-6-7-8-9-17-30-24-22(28-2)18-21(19-23(24)29-3)20-27-15-13-26(14-16-27)12-10-11-25/h18-19H,4-10,12-17,20H2,1-3H3. The van der Waals surface area contributed by atoms with Crippen molar-refractivity contribution in [2.45, 2.75) is 58.4 Å². The summed E-state index contributed by atoms with van der Waals surface area (Å²) in [7, 11) is 3.37. The highest BCUT2D eigenvalue weighted by atomic mass is 16.5. The zero-order chi connectivity index (χ0) is 21.6. The van der Waals surface area contributed by atoms with Gasteiger partial charge in [-0.1, -0.05) is 39.0 Å². The molecule has 1 saturated heterocycles. The lowest BCUT2D eigenvalue weighted by atomic mass is 10.1. The van der Waals surface area contributed by atoms with Crippen molar-refractivity contribution in [2.75, 3.05) is 53.6 Å². The Kier molecular flexibility index (Phi) is 11.4. The molecule has 1 heterocycles. The number of benzene rings is 1. The molecule has 0 atom stereocenters. The molecule has 1 aromatic carbocycles. The molecule has 0 radical (unpaired) electrons. The van der Waals surface area contributed by atoms with Crippen LogP contribution in [0.1, 0.15) is 57.4 Å². The average Bonchev–Trinajstić information content (AvgIpc) is 2.78. The van der Waals surface area contributed by atoms with Crippen LogP contribution < -0.4 is 14.2 Å². The second-order valence-electron chi connectivity index (χ2n) is 7.97. The molecule has 0 unspecified atom stereocenters. The number of rotatable bonds is 14. The summed E-state index contributed by atoms with van der Waals surface area (Å²) in [5, 5.41) is 8.76. The first-order valence-corrected chi connectivity index (χ1v) is 11.4. The fraction of sp³-hybridized carbons (Fsp3) is 0.708. The van der Waals surface area contributed by atoms with E-state index in [0.717, 1.165) is 57.2 Å². The average molecular weight is 418 g/mol. The molecular weight excluding hydrogens is 378 g/mol. The summed E-state index contributed by atoms with van der Waals surface area (Å²) >= 11 is 0. The molecular formula is C24H39N3O3. The Labute approximate surface area is 182 Å². The summed E-state index contributed by atoms with van der Waals surface area (Å²) in [5.41, 5.74) is 1.17. The van der Waals surface area contributed by atoms with E-state index in [2.05, 4.69) is 34.9 Å². The van der Waals surface area contributed by atoms with Gasteiger partial charge in [-0.3, -0.25) is 9.80 Å². The lowest BCUT2D eigenvalue weighted by molar-refractivity contribution is 0.129. The van der Waals surface area contributed by atoms with E-state index < -0.39 is 0 Å². The number of ether oxygens (including phenoxy) is 3. The summed E-state index contributed by atoms with van der Waals surface area (Å²) in [4.78, 5) is 4.80. The van der Waals surface area contributed by atoms with E-state index in [-0.39, 0.29) is 0 Å². The fourth-order valence-corrected chi connectivity index (χ4v) is 3.86. The SMILES string of the molecule is CCCCCCCCOc1c(OC)cc(CN2CCN(CCC#N)CC2)cc1OC. The predicted octanol–water partition coefficient (Wildman–Crippen LogP) is 4.47. The summed E-state index contributed by atoms with van der Waals surface area (Å²) in [5.74, 6) is 2.18. The zero-order valence-electron chi connectivity index (χ0n) is 19.1. The largest absolute Gasteiger partial charge is 0.493 e. The second kappa shape index (κ2) is 14.1. The van der Waals surface area contributed by atoms with Crippen molar-refractivity contribution < 1.29 is 14.2 Å². The van der Waals surface area contributed by atoms with E-state index >= 15 is 0 Å². The van der Waals surface area contributed by atoms with Gasteiger partial charge >= 0.3 is 0 Å². The molecule has 168 valence electrons. The van der Waals surface area contributed by atoms with E-state index in [1.807, 2.05) is 0 Å². The smallest absolute Gasteiger partial charge is 0.203 e. The van der Waals surface area contributed by atoms with E-state index in [1.54, 1.807) is 14.2 Å². The lowest BCUT2D eigenvalue weighted by Crippen LogP contribution is -2.46. The van der Waals surface area contributed by atoms with Crippen LogP contribution in [0.15, 0.2) is 12.1 Å². The number of methoxy groups -OCH3 is 2. The Balaban J connectivity index is 1.88. The minimum absolute atomic E-state index is 0.606. The normalized spacial score (nSPS) is 15.0. The van der Waals surface area contributed by atoms with Gasteiger partial charge in [0.2, 0.25) is 5.75 Å². The second-order valence-corrected chi connectivity index (χ2v) is 7.97. The van der Waals surface area contributed by atoms with Crippen molar-refractivity contribution in [3.63, 3.8) is 0 Å². The Hall–Kier alpha value is -1.97. The van der Waals surface area contributed by atoms with Crippen molar-refractivity contribution in [1.29, 1.82) is 5.26 Å². The molecule has 2 rings (SSSR count). The number of hydrogen-bond acceptors (Lipinski definition) is 6. The third-order valence-corrected chi connectivity index (χ3v) is 5.68. The first-order valence-electron chi connectivity index (χ1n) is 11.4. The quantitative estimate of drug-likeness (QED) is 0.416. The summed E-state index contributed by atoms with van der Waals surface area (Å²) in [6.45, 7) is 8.68. The summed E-state index contributed by atoms with van der Waals surface area (Å²) in [6, 6.07) is 6.37. The van der Waals surface area contributed by atoms with Crippen LogP contribution in [0.4, 0.5) is 0 Å². The van der Waals surface area contributed by atoms with Gasteiger partial charge in [-0.25, -0.2) is 0 Å². The van der Waals surface area contributed by atoms with Gasteiger partial charge in [-0.2, -0.15) is 5.26 Å². The molecule has 0 bridgehead atoms. The molecule has 0 saturated carbocycles. The first-order chi connectivity index (χ1) is 14.7. The van der Waals surface area contributed by atoms with E-state index in [9.17, 15) is 0 Å². The first kappa shape index (κ1) is 24.3. The molecule has 0 aliphatic carbocycles. The van der Waals surface area contributed by atoms with Crippen LogP contribution in [0.3, 0.4) is 0 Å². The van der Waals surface area contributed by atoms with Gasteiger partial charge in [0.15, 0.2) is 11.5 Å². The van der Waals surface area contributed by atoms with Gasteiger partial charge in [0, 0.05) is 45.7 Å². The predicted molar refractivity (Wildman–Crippen MR) is 120 cm³/mol. The third-order valence-electron chi connectivity index (χ3n) is 5.68. The highest BCUT2D eigenvalue weighted by Crippen LogP contribution is 2.39. The Morgan fingerprint density at radius 1 is 0.900 bits per heavy atom. The maximum Gasteiger partial charge on any atom is 0.203 e. The maximum atomic E-state index is 8.76. The fourth-order valence-electron chi connectivity index (χ4n) is 3.86. The van der Waals surface area contributed by atoms with E-state index in [1.165, 1.54) is 37.7 Å². The van der Waals surface area contributed by atoms with E-state index in [4.69, 9.17) is 19.5 Å². The highest BCUT2D eigenvalue weighted by molar-refractivity contribution is 5.53. The topological polar surface area (TPSA) is 58.0 Å². The number of hydrogen-bond donors (Lipinski definition) is 0. The number of unbranched alkanes of at least 4 members (excludes halogenated alkanes) is 5. The number of nitrogens with zero attached hydrogens (tertiary/aromatic N) is 3. The molecule has 1 fully saturated rings. The van der Waals surface area contributed by atoms with Crippen LogP contribution in [-0.2, 0) is 6.54 Å².